The van der Waals surface area contributed by atoms with E-state index in [0.717, 1.165) is 6.07 Å². The number of nitriles is 1. The van der Waals surface area contributed by atoms with Crippen molar-refractivity contribution in [3.05, 3.63) is 53.1 Å². The monoisotopic (exact) mass is 370 g/mol. The van der Waals surface area contributed by atoms with Crippen molar-refractivity contribution in [2.75, 3.05) is 11.9 Å². The third kappa shape index (κ3) is 4.58. The van der Waals surface area contributed by atoms with Gasteiger partial charge in [-0.05, 0) is 45.0 Å². The molecule has 0 atom stereocenters. The topological polar surface area (TPSA) is 106 Å². The third-order valence-corrected chi connectivity index (χ3v) is 3.63. The largest absolute Gasteiger partial charge is 0.356 e. The third-order valence-electron chi connectivity index (χ3n) is 3.63. The van der Waals surface area contributed by atoms with Crippen LogP contribution in [0.4, 0.5) is 10.1 Å². The molecule has 140 valence electrons. The lowest BCUT2D eigenvalue weighted by Crippen LogP contribution is -2.44. The van der Waals surface area contributed by atoms with E-state index in [1.54, 1.807) is 26.8 Å². The van der Waals surface area contributed by atoms with Gasteiger partial charge in [0.05, 0.1) is 5.56 Å². The fourth-order valence-corrected chi connectivity index (χ4v) is 2.28. The summed E-state index contributed by atoms with van der Waals surface area (Å²) in [6.07, 6.45) is 1.27. The summed E-state index contributed by atoms with van der Waals surface area (Å²) < 4.78 is 13.4. The van der Waals surface area contributed by atoms with Gasteiger partial charge in [-0.2, -0.15) is 5.26 Å². The first-order chi connectivity index (χ1) is 12.5. The number of anilines is 1. The molecule has 0 aliphatic rings. The van der Waals surface area contributed by atoms with Crippen LogP contribution in [0.5, 0.6) is 0 Å². The number of hydrogen-bond donors (Lipinski definition) is 2. The summed E-state index contributed by atoms with van der Waals surface area (Å²) in [5.74, 6) is -2.73. The molecule has 0 bridgehead atoms. The molecule has 0 radical (unpaired) electrons. The van der Waals surface area contributed by atoms with Gasteiger partial charge in [-0.25, -0.2) is 4.39 Å². The van der Waals surface area contributed by atoms with Crippen LogP contribution in [0.2, 0.25) is 0 Å². The molecule has 2 amide bonds. The van der Waals surface area contributed by atoms with Crippen molar-refractivity contribution in [2.24, 2.45) is 0 Å². The summed E-state index contributed by atoms with van der Waals surface area (Å²) in [7, 11) is 1.45. The normalized spacial score (nSPS) is 10.8. The zero-order valence-electron chi connectivity index (χ0n) is 15.4. The minimum Gasteiger partial charge on any atom is -0.356 e. The lowest BCUT2D eigenvalue weighted by atomic mass is 10.1. The summed E-state index contributed by atoms with van der Waals surface area (Å²) in [5.41, 5.74) is -0.319. The second-order valence-electron chi connectivity index (χ2n) is 6.98. The van der Waals surface area contributed by atoms with Crippen LogP contribution in [-0.2, 0) is 4.79 Å². The van der Waals surface area contributed by atoms with E-state index in [2.05, 4.69) is 10.3 Å². The quantitative estimate of drug-likeness (QED) is 0.637. The zero-order chi connectivity index (χ0) is 20.4. The fraction of sp³-hybridized carbons (Fsp3) is 0.263. The molecule has 2 rings (SSSR count). The smallest absolute Gasteiger partial charge is 0.292 e. The second kappa shape index (κ2) is 7.41. The van der Waals surface area contributed by atoms with Crippen molar-refractivity contribution in [2.45, 2.75) is 26.3 Å². The number of ketones is 1. The van der Waals surface area contributed by atoms with Crippen molar-refractivity contribution >= 4 is 23.3 Å². The summed E-state index contributed by atoms with van der Waals surface area (Å²) in [6.45, 7) is 5.24. The van der Waals surface area contributed by atoms with E-state index in [4.69, 9.17) is 5.26 Å². The maximum atomic E-state index is 13.4. The zero-order valence-corrected chi connectivity index (χ0v) is 15.4. The number of carbonyl (C=O) groups is 3. The van der Waals surface area contributed by atoms with E-state index in [1.165, 1.54) is 36.3 Å². The molecule has 2 aromatic rings. The first-order valence-corrected chi connectivity index (χ1v) is 8.06. The van der Waals surface area contributed by atoms with Crippen LogP contribution in [0, 0.1) is 17.1 Å². The summed E-state index contributed by atoms with van der Waals surface area (Å²) in [4.78, 5) is 40.6. The molecule has 0 fully saturated rings. The standard InChI is InChI=1S/C19H19FN4O3/c1-19(2,3)23-17(26)16(25)12-8-15(22-10-12)18(27)24(4)13-5-6-14(20)11(7-13)9-21/h5-8,10,22H,1-4H3,(H,23,26). The van der Waals surface area contributed by atoms with Gasteiger partial charge in [-0.15, -0.1) is 0 Å². The van der Waals surface area contributed by atoms with Crippen LogP contribution in [0.15, 0.2) is 30.5 Å². The maximum Gasteiger partial charge on any atom is 0.292 e. The Bertz CT molecular complexity index is 951. The number of rotatable bonds is 4. The number of aromatic amines is 1. The molecule has 7 nitrogen and oxygen atoms in total. The SMILES string of the molecule is CN(C(=O)c1cc(C(=O)C(=O)NC(C)(C)C)c[nH]1)c1ccc(F)c(C#N)c1. The molecule has 0 aliphatic carbocycles. The molecule has 0 unspecified atom stereocenters. The molecule has 0 spiro atoms. The van der Waals surface area contributed by atoms with Gasteiger partial charge in [-0.1, -0.05) is 0 Å². The first kappa shape index (κ1) is 19.8. The number of nitrogens with zero attached hydrogens (tertiary/aromatic N) is 2. The summed E-state index contributed by atoms with van der Waals surface area (Å²) in [5, 5.41) is 11.5. The van der Waals surface area contributed by atoms with E-state index >= 15 is 0 Å². The summed E-state index contributed by atoms with van der Waals surface area (Å²) in [6, 6.07) is 6.69. The van der Waals surface area contributed by atoms with Crippen molar-refractivity contribution in [1.82, 2.24) is 10.3 Å². The number of benzene rings is 1. The molecular formula is C19H19FN4O3. The minimum atomic E-state index is -0.772. The molecule has 1 heterocycles. The number of nitrogens with one attached hydrogen (secondary N) is 2. The van der Waals surface area contributed by atoms with E-state index < -0.39 is 29.0 Å². The van der Waals surface area contributed by atoms with Gasteiger partial charge in [0.15, 0.2) is 0 Å². The molecule has 27 heavy (non-hydrogen) atoms. The van der Waals surface area contributed by atoms with Crippen LogP contribution >= 0.6 is 0 Å². The average Bonchev–Trinajstić information content (AvgIpc) is 3.08. The highest BCUT2D eigenvalue weighted by molar-refractivity contribution is 6.43. The lowest BCUT2D eigenvalue weighted by Gasteiger charge is -2.19. The first-order valence-electron chi connectivity index (χ1n) is 8.06. The number of carbonyl (C=O) groups excluding carboxylic acids is 3. The molecule has 1 aromatic heterocycles. The van der Waals surface area contributed by atoms with Gasteiger partial charge in [0.25, 0.3) is 17.6 Å². The van der Waals surface area contributed by atoms with Gasteiger partial charge in [-0.3, -0.25) is 14.4 Å². The Hall–Kier alpha value is -3.47. The van der Waals surface area contributed by atoms with Gasteiger partial charge < -0.3 is 15.2 Å². The molecule has 8 heteroatoms. The van der Waals surface area contributed by atoms with Crippen LogP contribution in [0.1, 0.15) is 47.2 Å². The Labute approximate surface area is 155 Å². The number of amides is 2. The highest BCUT2D eigenvalue weighted by atomic mass is 19.1. The number of halogens is 1. The van der Waals surface area contributed by atoms with E-state index in [-0.39, 0.29) is 16.8 Å². The van der Waals surface area contributed by atoms with Crippen LogP contribution < -0.4 is 10.2 Å². The molecular weight excluding hydrogens is 351 g/mol. The minimum absolute atomic E-state index is 0.0466. The predicted molar refractivity (Wildman–Crippen MR) is 96.9 cm³/mol. The van der Waals surface area contributed by atoms with Crippen molar-refractivity contribution < 1.29 is 18.8 Å². The van der Waals surface area contributed by atoms with Crippen molar-refractivity contribution in [3.8, 4) is 6.07 Å². The average molecular weight is 370 g/mol. The van der Waals surface area contributed by atoms with Crippen molar-refractivity contribution in [3.63, 3.8) is 0 Å². The molecule has 0 saturated heterocycles. The maximum absolute atomic E-state index is 13.4. The highest BCUT2D eigenvalue weighted by Gasteiger charge is 2.24. The van der Waals surface area contributed by atoms with Gasteiger partial charge in [0, 0.05) is 30.0 Å². The Morgan fingerprint density at radius 1 is 1.22 bits per heavy atom. The summed E-state index contributed by atoms with van der Waals surface area (Å²) >= 11 is 0. The predicted octanol–water partition coefficient (Wildman–Crippen LogP) is 2.40. The Morgan fingerprint density at radius 3 is 2.48 bits per heavy atom. The Morgan fingerprint density at radius 2 is 1.89 bits per heavy atom. The molecule has 2 N–H and O–H groups in total. The van der Waals surface area contributed by atoms with Crippen molar-refractivity contribution in [1.29, 1.82) is 5.26 Å². The number of Topliss-reactive ketones (excluding diaryl/α,β-unsaturated/α-hetero) is 1. The number of hydrogen-bond acceptors (Lipinski definition) is 4. The Balaban J connectivity index is 2.20. The van der Waals surface area contributed by atoms with Gasteiger partial charge in [0.2, 0.25) is 0 Å². The molecule has 0 saturated carbocycles. The highest BCUT2D eigenvalue weighted by Crippen LogP contribution is 2.19. The van der Waals surface area contributed by atoms with Crippen LogP contribution in [0.25, 0.3) is 0 Å². The number of aromatic nitrogens is 1. The van der Waals surface area contributed by atoms with Crippen LogP contribution in [0.3, 0.4) is 0 Å². The van der Waals surface area contributed by atoms with E-state index in [1.807, 2.05) is 0 Å². The molecule has 1 aromatic carbocycles. The Kier molecular flexibility index (Phi) is 5.45. The van der Waals surface area contributed by atoms with Gasteiger partial charge in [0.1, 0.15) is 17.6 Å². The number of H-pyrrole nitrogens is 1. The lowest BCUT2D eigenvalue weighted by molar-refractivity contribution is -0.118. The van der Waals surface area contributed by atoms with E-state index in [9.17, 15) is 18.8 Å². The van der Waals surface area contributed by atoms with Gasteiger partial charge >= 0.3 is 0 Å². The second-order valence-corrected chi connectivity index (χ2v) is 6.98. The van der Waals surface area contributed by atoms with E-state index in [0.29, 0.717) is 5.69 Å². The van der Waals surface area contributed by atoms with Crippen LogP contribution in [-0.4, -0.2) is 35.2 Å². The fourth-order valence-electron chi connectivity index (χ4n) is 2.28. The molecule has 0 aliphatic heterocycles.